The normalized spacial score (nSPS) is 32.5. The van der Waals surface area contributed by atoms with Gasteiger partial charge in [0.1, 0.15) is 0 Å². The maximum absolute atomic E-state index is 12.6. The summed E-state index contributed by atoms with van der Waals surface area (Å²) in [5.74, 6) is -49.1. The van der Waals surface area contributed by atoms with Crippen LogP contribution in [0.5, 0.6) is 0 Å². The number of ketones is 1. The van der Waals surface area contributed by atoms with Gasteiger partial charge in [0.05, 0.1) is 0 Å². The topological polar surface area (TPSA) is 17.1 Å². The van der Waals surface area contributed by atoms with Gasteiger partial charge in [-0.3, -0.25) is 4.79 Å². The van der Waals surface area contributed by atoms with Crippen LogP contribution >= 0.6 is 0 Å². The number of carbonyl (C=O) groups excluding carboxylic acids is 1. The highest BCUT2D eigenvalue weighted by Gasteiger charge is 2.97. The van der Waals surface area contributed by atoms with Crippen LogP contribution in [0.3, 0.4) is 0 Å². The van der Waals surface area contributed by atoms with Crippen molar-refractivity contribution in [3.05, 3.63) is 0 Å². The van der Waals surface area contributed by atoms with Crippen molar-refractivity contribution in [2.75, 3.05) is 0 Å². The van der Waals surface area contributed by atoms with Crippen molar-refractivity contribution in [1.82, 2.24) is 0 Å². The van der Waals surface area contributed by atoms with Crippen LogP contribution in [0.1, 0.15) is 0 Å². The van der Waals surface area contributed by atoms with E-state index >= 15 is 0 Å². The fourth-order valence-electron chi connectivity index (χ4n) is 1.27. The molecular weight excluding hydrogens is 328 g/mol. The minimum atomic E-state index is -7.61. The average Bonchev–Trinajstić information content (AvgIpc) is 2.25. The van der Waals surface area contributed by atoms with Gasteiger partial charge in [0, 0.05) is 0 Å². The van der Waals surface area contributed by atoms with Crippen LogP contribution in [0.4, 0.5) is 52.7 Å². The Hall–Kier alpha value is -1.17. The van der Waals surface area contributed by atoms with Crippen molar-refractivity contribution in [2.24, 2.45) is 0 Å². The second-order valence-electron chi connectivity index (χ2n) is 3.78. The maximum atomic E-state index is 12.6. The molecule has 0 spiro atoms. The number of halogens is 12. The van der Waals surface area contributed by atoms with Gasteiger partial charge in [0.2, 0.25) is 0 Å². The van der Waals surface area contributed by atoms with Crippen molar-refractivity contribution < 1.29 is 57.5 Å². The Kier molecular flexibility index (Phi) is 2.98. The van der Waals surface area contributed by atoms with E-state index in [-0.39, 0.29) is 0 Å². The summed E-state index contributed by atoms with van der Waals surface area (Å²) in [4.78, 5) is 10.3. The first kappa shape index (κ1) is 16.9. The lowest BCUT2D eigenvalue weighted by Crippen LogP contribution is -2.66. The fourth-order valence-corrected chi connectivity index (χ4v) is 1.27. The van der Waals surface area contributed by atoms with E-state index in [2.05, 4.69) is 0 Å². The summed E-state index contributed by atoms with van der Waals surface area (Å²) in [5.41, 5.74) is 0. The van der Waals surface area contributed by atoms with Gasteiger partial charge in [-0.2, -0.15) is 52.7 Å². The van der Waals surface area contributed by atoms with Crippen molar-refractivity contribution in [3.63, 3.8) is 0 Å². The Balaban J connectivity index is 3.88. The van der Waals surface area contributed by atoms with E-state index < -0.39 is 41.3 Å². The highest BCUT2D eigenvalue weighted by molar-refractivity contribution is 5.95. The smallest absolute Gasteiger partial charge is 0.286 e. The van der Waals surface area contributed by atoms with Crippen molar-refractivity contribution in [3.8, 4) is 0 Å². The van der Waals surface area contributed by atoms with E-state index in [1.165, 1.54) is 0 Å². The molecule has 0 bridgehead atoms. The quantitative estimate of drug-likeness (QED) is 0.492. The first-order valence-electron chi connectivity index (χ1n) is 4.22. The number of Topliss-reactive ketones (excluding diaryl/α,β-unsaturated/α-hetero) is 1. The third-order valence-corrected chi connectivity index (χ3v) is 2.54. The average molecular weight is 328 g/mol. The zero-order valence-corrected chi connectivity index (χ0v) is 8.44. The lowest BCUT2D eigenvalue weighted by Gasteiger charge is -2.34. The number of alkyl halides is 12. The number of carbonyl (C=O) groups is 1. The molecule has 0 aliphatic heterocycles. The van der Waals surface area contributed by atoms with Gasteiger partial charge in [-0.1, -0.05) is 0 Å². The summed E-state index contributed by atoms with van der Waals surface area (Å²) >= 11 is 0. The van der Waals surface area contributed by atoms with Gasteiger partial charge >= 0.3 is 35.5 Å². The second kappa shape index (κ2) is 3.53. The molecule has 0 N–H and O–H groups in total. The molecule has 0 aromatic heterocycles. The van der Waals surface area contributed by atoms with Crippen LogP contribution in [-0.4, -0.2) is 41.3 Å². The Morgan fingerprint density at radius 2 is 0.650 bits per heavy atom. The first-order chi connectivity index (χ1) is 8.40. The summed E-state index contributed by atoms with van der Waals surface area (Å²) in [6.07, 6.45) is 0. The summed E-state index contributed by atoms with van der Waals surface area (Å²) in [7, 11) is 0. The molecule has 0 unspecified atom stereocenters. The highest BCUT2D eigenvalue weighted by Crippen LogP contribution is 2.64. The third kappa shape index (κ3) is 1.35. The molecule has 20 heavy (non-hydrogen) atoms. The van der Waals surface area contributed by atoms with Crippen LogP contribution in [0.2, 0.25) is 0 Å². The van der Waals surface area contributed by atoms with Crippen LogP contribution in [0, 0.1) is 0 Å². The summed E-state index contributed by atoms with van der Waals surface area (Å²) in [6, 6.07) is 0. The zero-order chi connectivity index (χ0) is 16.6. The van der Waals surface area contributed by atoms with Crippen LogP contribution in [0.25, 0.3) is 0 Å². The number of hydrogen-bond donors (Lipinski definition) is 0. The molecule has 1 aliphatic carbocycles. The molecule has 0 atom stereocenters. The minimum absolute atomic E-state index is 4.73. The largest absolute Gasteiger partial charge is 0.386 e. The molecule has 1 fully saturated rings. The Bertz CT molecular complexity index is 409. The van der Waals surface area contributed by atoms with Crippen LogP contribution in [-0.2, 0) is 4.79 Å². The van der Waals surface area contributed by atoms with Gasteiger partial charge in [-0.15, -0.1) is 0 Å². The third-order valence-electron chi connectivity index (χ3n) is 2.54. The molecule has 0 aromatic carbocycles. The predicted octanol–water partition coefficient (Wildman–Crippen LogP) is 3.38. The molecule has 1 saturated carbocycles. The van der Waals surface area contributed by atoms with E-state index in [4.69, 9.17) is 0 Å². The standard InChI is InChI=1S/C7F12O/c8-2(9)1(20)3(10,11)5(14,15)7(18,19)6(16,17)4(2,12)13. The summed E-state index contributed by atoms with van der Waals surface area (Å²) in [5, 5.41) is 0. The summed E-state index contributed by atoms with van der Waals surface area (Å²) < 4.78 is 151. The monoisotopic (exact) mass is 328 g/mol. The fraction of sp³-hybridized carbons (Fsp3) is 0.857. The SMILES string of the molecule is O=C1C(F)(F)C(F)(F)C(F)(F)C(F)(F)C(F)(F)C1(F)F. The molecule has 0 aromatic rings. The maximum Gasteiger partial charge on any atom is 0.386 e. The molecule has 1 aliphatic rings. The lowest BCUT2D eigenvalue weighted by molar-refractivity contribution is -0.397. The highest BCUT2D eigenvalue weighted by atomic mass is 19.4. The van der Waals surface area contributed by atoms with E-state index in [0.29, 0.717) is 0 Å². The van der Waals surface area contributed by atoms with Crippen LogP contribution in [0.15, 0.2) is 0 Å². The molecule has 0 radical (unpaired) electrons. The zero-order valence-electron chi connectivity index (χ0n) is 8.44. The van der Waals surface area contributed by atoms with E-state index in [1.807, 2.05) is 0 Å². The molecule has 0 heterocycles. The Morgan fingerprint density at radius 1 is 0.450 bits per heavy atom. The van der Waals surface area contributed by atoms with E-state index in [9.17, 15) is 57.5 Å². The molecule has 1 rings (SSSR count). The summed E-state index contributed by atoms with van der Waals surface area (Å²) in [6.45, 7) is 0. The van der Waals surface area contributed by atoms with E-state index in [0.717, 1.165) is 0 Å². The van der Waals surface area contributed by atoms with Gasteiger partial charge in [-0.25, -0.2) is 0 Å². The molecule has 1 nitrogen and oxygen atoms in total. The lowest BCUT2D eigenvalue weighted by atomic mass is 9.99. The first-order valence-corrected chi connectivity index (χ1v) is 4.22. The molecular formula is C7F12O. The molecule has 0 saturated heterocycles. The van der Waals surface area contributed by atoms with Crippen molar-refractivity contribution >= 4 is 5.78 Å². The Morgan fingerprint density at radius 3 is 0.850 bits per heavy atom. The predicted molar refractivity (Wildman–Crippen MR) is 34.7 cm³/mol. The minimum Gasteiger partial charge on any atom is -0.286 e. The van der Waals surface area contributed by atoms with Gasteiger partial charge in [-0.05, 0) is 0 Å². The molecule has 0 amide bonds. The van der Waals surface area contributed by atoms with Crippen molar-refractivity contribution in [2.45, 2.75) is 35.5 Å². The van der Waals surface area contributed by atoms with Gasteiger partial charge < -0.3 is 0 Å². The van der Waals surface area contributed by atoms with Crippen LogP contribution < -0.4 is 0 Å². The van der Waals surface area contributed by atoms with Gasteiger partial charge in [0.15, 0.2) is 0 Å². The number of rotatable bonds is 0. The second-order valence-corrected chi connectivity index (χ2v) is 3.78. The molecule has 13 heteroatoms. The van der Waals surface area contributed by atoms with Crippen molar-refractivity contribution in [1.29, 1.82) is 0 Å². The number of hydrogen-bond acceptors (Lipinski definition) is 1. The molecule has 118 valence electrons. The van der Waals surface area contributed by atoms with Gasteiger partial charge in [0.25, 0.3) is 5.78 Å². The van der Waals surface area contributed by atoms with E-state index in [1.54, 1.807) is 0 Å². The Labute approximate surface area is 100 Å².